The largest absolute Gasteiger partial charge is 0.389 e. The topological polar surface area (TPSA) is 111 Å². The molecule has 1 saturated heterocycles. The maximum absolute atomic E-state index is 10.9. The third-order valence-corrected chi connectivity index (χ3v) is 2.90. The highest BCUT2D eigenvalue weighted by Crippen LogP contribution is 2.31. The summed E-state index contributed by atoms with van der Waals surface area (Å²) in [5.41, 5.74) is 0.399. The Balaban J connectivity index is 2.42. The van der Waals surface area contributed by atoms with Gasteiger partial charge in [-0.25, -0.2) is 0 Å². The molecule has 0 amide bonds. The third-order valence-electron chi connectivity index (χ3n) is 2.90. The van der Waals surface area contributed by atoms with Crippen LogP contribution in [-0.4, -0.2) is 40.4 Å². The molecule has 7 nitrogen and oxygen atoms in total. The minimum Gasteiger partial charge on any atom is -0.389 e. The van der Waals surface area contributed by atoms with Crippen molar-refractivity contribution in [1.29, 1.82) is 5.26 Å². The summed E-state index contributed by atoms with van der Waals surface area (Å²) in [5, 5.41) is 38.6. The number of hydrogen-bond donors (Lipinski definition) is 2. The van der Waals surface area contributed by atoms with E-state index in [9.17, 15) is 20.3 Å². The molecule has 2 N–H and O–H groups in total. The number of β-amino-alcohol motifs (C(OH)–C–C–N with tert-alkyl or cyclic N) is 2. The molecule has 1 aliphatic heterocycles. The fourth-order valence-electron chi connectivity index (χ4n) is 1.97. The van der Waals surface area contributed by atoms with Crippen LogP contribution in [0.1, 0.15) is 5.56 Å². The van der Waals surface area contributed by atoms with Crippen LogP contribution >= 0.6 is 0 Å². The molecule has 1 fully saturated rings. The molecular formula is C11H11N3O4. The van der Waals surface area contributed by atoms with Gasteiger partial charge in [-0.1, -0.05) is 0 Å². The molecule has 0 radical (unpaired) electrons. The molecule has 2 rings (SSSR count). The van der Waals surface area contributed by atoms with Crippen molar-refractivity contribution in [3.05, 3.63) is 33.9 Å². The second-order valence-electron chi connectivity index (χ2n) is 4.11. The zero-order chi connectivity index (χ0) is 13.3. The van der Waals surface area contributed by atoms with E-state index in [1.165, 1.54) is 23.1 Å². The lowest BCUT2D eigenvalue weighted by molar-refractivity contribution is -0.384. The van der Waals surface area contributed by atoms with Gasteiger partial charge in [0.2, 0.25) is 0 Å². The van der Waals surface area contributed by atoms with E-state index in [1.807, 2.05) is 6.07 Å². The highest BCUT2D eigenvalue weighted by atomic mass is 16.6. The van der Waals surface area contributed by atoms with Crippen LogP contribution in [0.5, 0.6) is 0 Å². The first kappa shape index (κ1) is 12.3. The lowest BCUT2D eigenvalue weighted by Crippen LogP contribution is -2.22. The molecule has 0 spiro atoms. The van der Waals surface area contributed by atoms with Gasteiger partial charge in [-0.2, -0.15) is 5.26 Å². The number of nitriles is 1. The number of benzene rings is 1. The van der Waals surface area contributed by atoms with Gasteiger partial charge in [-0.3, -0.25) is 10.1 Å². The number of hydrogen-bond acceptors (Lipinski definition) is 6. The number of aliphatic hydroxyl groups is 2. The van der Waals surface area contributed by atoms with Crippen molar-refractivity contribution in [2.24, 2.45) is 0 Å². The predicted octanol–water partition coefficient (Wildman–Crippen LogP) is 0.00828. The van der Waals surface area contributed by atoms with Crippen LogP contribution in [0.4, 0.5) is 11.4 Å². The Morgan fingerprint density at radius 1 is 1.39 bits per heavy atom. The Morgan fingerprint density at radius 2 is 2.00 bits per heavy atom. The Hall–Kier alpha value is -2.17. The van der Waals surface area contributed by atoms with Crippen LogP contribution < -0.4 is 4.90 Å². The van der Waals surface area contributed by atoms with E-state index in [2.05, 4.69) is 0 Å². The number of aliphatic hydroxyl groups excluding tert-OH is 2. The molecule has 94 valence electrons. The van der Waals surface area contributed by atoms with Crippen molar-refractivity contribution in [3.63, 3.8) is 0 Å². The lowest BCUT2D eigenvalue weighted by Gasteiger charge is -2.17. The van der Waals surface area contributed by atoms with Gasteiger partial charge in [-0.15, -0.1) is 0 Å². The maximum Gasteiger partial charge on any atom is 0.292 e. The van der Waals surface area contributed by atoms with Gasteiger partial charge in [0.1, 0.15) is 5.69 Å². The molecule has 18 heavy (non-hydrogen) atoms. The molecule has 2 atom stereocenters. The summed E-state index contributed by atoms with van der Waals surface area (Å²) in [7, 11) is 0. The van der Waals surface area contributed by atoms with Gasteiger partial charge in [0.15, 0.2) is 0 Å². The number of nitrogens with zero attached hydrogens (tertiary/aromatic N) is 3. The van der Waals surface area contributed by atoms with Gasteiger partial charge >= 0.3 is 0 Å². The van der Waals surface area contributed by atoms with Crippen molar-refractivity contribution < 1.29 is 15.1 Å². The molecule has 1 heterocycles. The van der Waals surface area contributed by atoms with Crippen LogP contribution in [0.2, 0.25) is 0 Å². The first-order chi connectivity index (χ1) is 8.52. The molecule has 1 aromatic carbocycles. The SMILES string of the molecule is N#Cc1ccc([N+](=O)[O-])c(N2CC(O)C(O)C2)c1. The Morgan fingerprint density at radius 3 is 2.50 bits per heavy atom. The average Bonchev–Trinajstić information content (AvgIpc) is 2.68. The summed E-state index contributed by atoms with van der Waals surface area (Å²) in [4.78, 5) is 11.9. The van der Waals surface area contributed by atoms with E-state index in [0.717, 1.165) is 0 Å². The summed E-state index contributed by atoms with van der Waals surface area (Å²) >= 11 is 0. The summed E-state index contributed by atoms with van der Waals surface area (Å²) in [6.45, 7) is 0.216. The standard InChI is InChI=1S/C11H11N3O4/c12-4-7-1-2-8(14(17)18)9(3-7)13-5-10(15)11(16)6-13/h1-3,10-11,15-16H,5-6H2. The van der Waals surface area contributed by atoms with Crippen molar-refractivity contribution >= 4 is 11.4 Å². The molecule has 0 aromatic heterocycles. The zero-order valence-electron chi connectivity index (χ0n) is 9.35. The first-order valence-electron chi connectivity index (χ1n) is 5.32. The number of rotatable bonds is 2. The van der Waals surface area contributed by atoms with E-state index in [4.69, 9.17) is 5.26 Å². The lowest BCUT2D eigenvalue weighted by atomic mass is 10.1. The molecule has 0 bridgehead atoms. The van der Waals surface area contributed by atoms with Crippen LogP contribution in [0.15, 0.2) is 18.2 Å². The quantitative estimate of drug-likeness (QED) is 0.564. The highest BCUT2D eigenvalue weighted by Gasteiger charge is 2.33. The highest BCUT2D eigenvalue weighted by molar-refractivity contribution is 5.66. The molecule has 7 heteroatoms. The second kappa shape index (κ2) is 4.60. The van der Waals surface area contributed by atoms with Crippen LogP contribution in [0, 0.1) is 21.4 Å². The third kappa shape index (κ3) is 2.11. The van der Waals surface area contributed by atoms with Crippen LogP contribution in [0.25, 0.3) is 0 Å². The Bertz CT molecular complexity index is 516. The van der Waals surface area contributed by atoms with Crippen molar-refractivity contribution in [3.8, 4) is 6.07 Å². The van der Waals surface area contributed by atoms with E-state index in [-0.39, 0.29) is 24.5 Å². The van der Waals surface area contributed by atoms with Gasteiger partial charge < -0.3 is 15.1 Å². The monoisotopic (exact) mass is 249 g/mol. The first-order valence-corrected chi connectivity index (χ1v) is 5.32. The van der Waals surface area contributed by atoms with E-state index in [0.29, 0.717) is 5.56 Å². The zero-order valence-corrected chi connectivity index (χ0v) is 9.35. The van der Waals surface area contributed by atoms with Crippen LogP contribution in [0.3, 0.4) is 0 Å². The second-order valence-corrected chi connectivity index (χ2v) is 4.11. The van der Waals surface area contributed by atoms with E-state index < -0.39 is 17.1 Å². The molecule has 1 aromatic rings. The van der Waals surface area contributed by atoms with Crippen molar-refractivity contribution in [2.45, 2.75) is 12.2 Å². The summed E-state index contributed by atoms with van der Waals surface area (Å²) in [6, 6.07) is 5.92. The number of nitro groups is 1. The fourth-order valence-corrected chi connectivity index (χ4v) is 1.97. The molecule has 0 aliphatic carbocycles. The summed E-state index contributed by atoms with van der Waals surface area (Å²) in [6.07, 6.45) is -1.87. The average molecular weight is 249 g/mol. The molecule has 1 aliphatic rings. The van der Waals surface area contributed by atoms with Crippen molar-refractivity contribution in [2.75, 3.05) is 18.0 Å². The minimum atomic E-state index is -0.935. The smallest absolute Gasteiger partial charge is 0.292 e. The van der Waals surface area contributed by atoms with E-state index in [1.54, 1.807) is 0 Å². The van der Waals surface area contributed by atoms with Gasteiger partial charge in [-0.05, 0) is 12.1 Å². The minimum absolute atomic E-state index is 0.108. The summed E-state index contributed by atoms with van der Waals surface area (Å²) in [5.74, 6) is 0. The molecular weight excluding hydrogens is 238 g/mol. The normalized spacial score (nSPS) is 22.8. The van der Waals surface area contributed by atoms with E-state index >= 15 is 0 Å². The molecule has 2 unspecified atom stereocenters. The molecule has 0 saturated carbocycles. The van der Waals surface area contributed by atoms with Crippen molar-refractivity contribution in [1.82, 2.24) is 0 Å². The predicted molar refractivity (Wildman–Crippen MR) is 62.0 cm³/mol. The van der Waals surface area contributed by atoms with Gasteiger partial charge in [0.25, 0.3) is 5.69 Å². The Kier molecular flexibility index (Phi) is 3.14. The van der Waals surface area contributed by atoms with Crippen LogP contribution in [-0.2, 0) is 0 Å². The van der Waals surface area contributed by atoms with Gasteiger partial charge in [0, 0.05) is 19.2 Å². The number of nitro benzene ring substituents is 1. The maximum atomic E-state index is 10.9. The summed E-state index contributed by atoms with van der Waals surface area (Å²) < 4.78 is 0. The fraction of sp³-hybridized carbons (Fsp3) is 0.364. The number of anilines is 1. The van der Waals surface area contributed by atoms with Gasteiger partial charge in [0.05, 0.1) is 28.8 Å². The Labute approximate surface area is 103 Å².